The van der Waals surface area contributed by atoms with Crippen LogP contribution in [0.1, 0.15) is 5.56 Å². The lowest BCUT2D eigenvalue weighted by molar-refractivity contribution is 0.625. The molecule has 0 aliphatic carbocycles. The first-order valence-electron chi connectivity index (χ1n) is 6.06. The Morgan fingerprint density at radius 2 is 2.15 bits per heavy atom. The molecule has 0 saturated carbocycles. The van der Waals surface area contributed by atoms with Gasteiger partial charge in [-0.1, -0.05) is 12.1 Å². The Morgan fingerprint density at radius 1 is 1.40 bits per heavy atom. The van der Waals surface area contributed by atoms with Crippen molar-refractivity contribution < 1.29 is 4.39 Å². The summed E-state index contributed by atoms with van der Waals surface area (Å²) >= 11 is 0. The van der Waals surface area contributed by atoms with Gasteiger partial charge in [0, 0.05) is 13.6 Å². The lowest BCUT2D eigenvalue weighted by Gasteiger charge is -2.10. The first kappa shape index (κ1) is 13.9. The summed E-state index contributed by atoms with van der Waals surface area (Å²) in [5.74, 6) is -0.236. The lowest BCUT2D eigenvalue weighted by Crippen LogP contribution is -2.32. The van der Waals surface area contributed by atoms with Crippen LogP contribution in [-0.2, 0) is 13.5 Å². The Bertz CT molecular complexity index is 736. The average Bonchev–Trinajstić information content (AvgIpc) is 2.40. The normalized spacial score (nSPS) is 10.5. The standard InChI is InChI=1S/C13H15FN4O2/c1-18-11(15)10(12(19)17-13(18)20)16-6-5-8-3-2-4-9(14)7-8/h2-4,7,16H,5-6,15H2,1H3,(H,17,19,20). The zero-order valence-corrected chi connectivity index (χ0v) is 10.9. The van der Waals surface area contributed by atoms with Crippen molar-refractivity contribution in [3.05, 3.63) is 56.5 Å². The number of nitrogens with two attached hydrogens (primary N) is 1. The minimum Gasteiger partial charge on any atom is -0.383 e. The number of anilines is 2. The predicted octanol–water partition coefficient (Wildman–Crippen LogP) is 0.449. The van der Waals surface area contributed by atoms with Crippen LogP contribution < -0.4 is 22.3 Å². The van der Waals surface area contributed by atoms with Crippen molar-refractivity contribution in [1.82, 2.24) is 9.55 Å². The first-order chi connectivity index (χ1) is 9.49. The number of halogens is 1. The molecule has 0 bridgehead atoms. The molecule has 0 unspecified atom stereocenters. The third-order valence-corrected chi connectivity index (χ3v) is 2.97. The highest BCUT2D eigenvalue weighted by molar-refractivity contribution is 5.60. The van der Waals surface area contributed by atoms with Gasteiger partial charge in [-0.05, 0) is 24.1 Å². The second kappa shape index (κ2) is 5.60. The van der Waals surface area contributed by atoms with E-state index in [2.05, 4.69) is 10.3 Å². The van der Waals surface area contributed by atoms with Gasteiger partial charge in [-0.2, -0.15) is 0 Å². The molecular weight excluding hydrogens is 263 g/mol. The van der Waals surface area contributed by atoms with Crippen LogP contribution in [-0.4, -0.2) is 16.1 Å². The molecule has 20 heavy (non-hydrogen) atoms. The quantitative estimate of drug-likeness (QED) is 0.757. The Morgan fingerprint density at radius 3 is 2.85 bits per heavy atom. The van der Waals surface area contributed by atoms with E-state index in [0.29, 0.717) is 13.0 Å². The third-order valence-electron chi connectivity index (χ3n) is 2.97. The highest BCUT2D eigenvalue weighted by atomic mass is 19.1. The van der Waals surface area contributed by atoms with Gasteiger partial charge in [-0.25, -0.2) is 9.18 Å². The molecule has 0 fully saturated rings. The van der Waals surface area contributed by atoms with E-state index >= 15 is 0 Å². The number of hydrogen-bond donors (Lipinski definition) is 3. The van der Waals surface area contributed by atoms with E-state index in [1.807, 2.05) is 0 Å². The molecule has 106 valence electrons. The summed E-state index contributed by atoms with van der Waals surface area (Å²) < 4.78 is 14.2. The summed E-state index contributed by atoms with van der Waals surface area (Å²) in [6.07, 6.45) is 0.527. The number of aromatic amines is 1. The van der Waals surface area contributed by atoms with E-state index in [1.54, 1.807) is 12.1 Å². The van der Waals surface area contributed by atoms with Crippen molar-refractivity contribution in [3.8, 4) is 0 Å². The highest BCUT2D eigenvalue weighted by Crippen LogP contribution is 2.09. The second-order valence-corrected chi connectivity index (χ2v) is 4.39. The van der Waals surface area contributed by atoms with Crippen LogP contribution in [0.3, 0.4) is 0 Å². The molecule has 0 amide bonds. The molecule has 0 atom stereocenters. The van der Waals surface area contributed by atoms with Crippen LogP contribution in [0.15, 0.2) is 33.9 Å². The summed E-state index contributed by atoms with van der Waals surface area (Å²) in [5.41, 5.74) is 5.52. The molecule has 0 aliphatic rings. The van der Waals surface area contributed by atoms with Gasteiger partial charge in [0.15, 0.2) is 0 Å². The smallest absolute Gasteiger partial charge is 0.329 e. The maximum atomic E-state index is 13.0. The van der Waals surface area contributed by atoms with Crippen molar-refractivity contribution in [2.45, 2.75) is 6.42 Å². The first-order valence-corrected chi connectivity index (χ1v) is 6.06. The Labute approximate surface area is 114 Å². The van der Waals surface area contributed by atoms with Gasteiger partial charge < -0.3 is 11.1 Å². The predicted molar refractivity (Wildman–Crippen MR) is 75.3 cm³/mol. The molecule has 4 N–H and O–H groups in total. The number of nitrogens with one attached hydrogen (secondary N) is 2. The summed E-state index contributed by atoms with van der Waals surface area (Å²) in [7, 11) is 1.46. The minimum absolute atomic E-state index is 0.0676. The SMILES string of the molecule is Cn1c(N)c(NCCc2cccc(F)c2)c(=O)[nH]c1=O. The maximum absolute atomic E-state index is 13.0. The van der Waals surface area contributed by atoms with Crippen LogP contribution >= 0.6 is 0 Å². The van der Waals surface area contributed by atoms with E-state index in [0.717, 1.165) is 10.1 Å². The Hall–Kier alpha value is -2.57. The van der Waals surface area contributed by atoms with Gasteiger partial charge in [0.2, 0.25) is 0 Å². The lowest BCUT2D eigenvalue weighted by atomic mass is 10.1. The molecule has 2 rings (SSSR count). The van der Waals surface area contributed by atoms with Gasteiger partial charge in [0.25, 0.3) is 5.56 Å². The monoisotopic (exact) mass is 278 g/mol. The summed E-state index contributed by atoms with van der Waals surface area (Å²) in [6, 6.07) is 6.21. The van der Waals surface area contributed by atoms with Gasteiger partial charge in [0.05, 0.1) is 0 Å². The van der Waals surface area contributed by atoms with E-state index in [-0.39, 0.29) is 17.3 Å². The van der Waals surface area contributed by atoms with Crippen LogP contribution in [0.25, 0.3) is 0 Å². The van der Waals surface area contributed by atoms with Crippen molar-refractivity contribution in [2.24, 2.45) is 7.05 Å². The van der Waals surface area contributed by atoms with Crippen LogP contribution in [0, 0.1) is 5.82 Å². The van der Waals surface area contributed by atoms with Crippen LogP contribution in [0.4, 0.5) is 15.9 Å². The molecular formula is C13H15FN4O2. The number of benzene rings is 1. The molecule has 1 aromatic heterocycles. The fourth-order valence-electron chi connectivity index (χ4n) is 1.83. The molecule has 7 heteroatoms. The second-order valence-electron chi connectivity index (χ2n) is 4.39. The third kappa shape index (κ3) is 2.87. The summed E-state index contributed by atoms with van der Waals surface area (Å²) in [4.78, 5) is 25.1. The molecule has 0 spiro atoms. The van der Waals surface area contributed by atoms with Gasteiger partial charge in [-0.15, -0.1) is 0 Å². The minimum atomic E-state index is -0.566. The Kier molecular flexibility index (Phi) is 3.88. The molecule has 6 nitrogen and oxygen atoms in total. The van der Waals surface area contributed by atoms with Crippen LogP contribution in [0.2, 0.25) is 0 Å². The topological polar surface area (TPSA) is 92.9 Å². The molecule has 1 heterocycles. The van der Waals surface area contributed by atoms with Crippen LogP contribution in [0.5, 0.6) is 0 Å². The average molecular weight is 278 g/mol. The fraction of sp³-hybridized carbons (Fsp3) is 0.231. The van der Waals surface area contributed by atoms with Crippen molar-refractivity contribution in [1.29, 1.82) is 0 Å². The van der Waals surface area contributed by atoms with Gasteiger partial charge in [0.1, 0.15) is 17.3 Å². The number of hydrogen-bond acceptors (Lipinski definition) is 4. The maximum Gasteiger partial charge on any atom is 0.329 e. The molecule has 2 aromatic rings. The van der Waals surface area contributed by atoms with Crippen molar-refractivity contribution >= 4 is 11.5 Å². The fourth-order valence-corrected chi connectivity index (χ4v) is 1.83. The molecule has 0 radical (unpaired) electrons. The summed E-state index contributed by atoms with van der Waals surface area (Å²) in [6.45, 7) is 0.398. The zero-order valence-electron chi connectivity index (χ0n) is 10.9. The zero-order chi connectivity index (χ0) is 14.7. The van der Waals surface area contributed by atoms with E-state index in [4.69, 9.17) is 5.73 Å². The number of rotatable bonds is 4. The number of nitrogens with zero attached hydrogens (tertiary/aromatic N) is 1. The molecule has 0 saturated heterocycles. The van der Waals surface area contributed by atoms with E-state index in [9.17, 15) is 14.0 Å². The molecule has 1 aromatic carbocycles. The van der Waals surface area contributed by atoms with E-state index < -0.39 is 11.2 Å². The Balaban J connectivity index is 2.11. The molecule has 0 aliphatic heterocycles. The largest absolute Gasteiger partial charge is 0.383 e. The number of aromatic nitrogens is 2. The number of nitrogen functional groups attached to an aromatic ring is 1. The number of H-pyrrole nitrogens is 1. The van der Waals surface area contributed by atoms with Crippen molar-refractivity contribution in [3.63, 3.8) is 0 Å². The van der Waals surface area contributed by atoms with Gasteiger partial charge in [-0.3, -0.25) is 14.3 Å². The summed E-state index contributed by atoms with van der Waals surface area (Å²) in [5, 5.41) is 2.87. The van der Waals surface area contributed by atoms with Crippen molar-refractivity contribution in [2.75, 3.05) is 17.6 Å². The highest BCUT2D eigenvalue weighted by Gasteiger charge is 2.09. The van der Waals surface area contributed by atoms with E-state index in [1.165, 1.54) is 19.2 Å². The van der Waals surface area contributed by atoms with Gasteiger partial charge >= 0.3 is 5.69 Å².